The molecular formula is C13H28N2O2S. The highest BCUT2D eigenvalue weighted by Gasteiger charge is 2.31. The molecule has 0 bridgehead atoms. The molecule has 4 nitrogen and oxygen atoms in total. The molecule has 0 spiro atoms. The summed E-state index contributed by atoms with van der Waals surface area (Å²) in [5.74, 6) is 0. The Balaban J connectivity index is 2.43. The minimum atomic E-state index is -3.19. The van der Waals surface area contributed by atoms with E-state index in [1.807, 2.05) is 13.8 Å². The molecule has 0 radical (unpaired) electrons. The summed E-state index contributed by atoms with van der Waals surface area (Å²) < 4.78 is 27.0. The molecule has 0 aromatic heterocycles. The molecule has 0 aliphatic heterocycles. The summed E-state index contributed by atoms with van der Waals surface area (Å²) in [6.45, 7) is 9.07. The molecule has 5 heteroatoms. The topological polar surface area (TPSA) is 58.2 Å². The average Bonchev–Trinajstić information content (AvgIpc) is 2.71. The van der Waals surface area contributed by atoms with Crippen LogP contribution in [0.5, 0.6) is 0 Å². The predicted octanol–water partition coefficient (Wildman–Crippen LogP) is 1.87. The van der Waals surface area contributed by atoms with E-state index in [-0.39, 0.29) is 10.7 Å². The van der Waals surface area contributed by atoms with Crippen LogP contribution in [0.2, 0.25) is 0 Å². The molecule has 1 aliphatic rings. The zero-order valence-corrected chi connectivity index (χ0v) is 12.9. The molecule has 1 unspecified atom stereocenters. The lowest BCUT2D eigenvalue weighted by Crippen LogP contribution is -2.43. The van der Waals surface area contributed by atoms with Crippen LogP contribution in [0, 0.1) is 5.41 Å². The Kier molecular flexibility index (Phi) is 5.62. The normalized spacial score (nSPS) is 21.4. The fraction of sp³-hybridized carbons (Fsp3) is 1.00. The van der Waals surface area contributed by atoms with Crippen molar-refractivity contribution >= 4 is 10.0 Å². The summed E-state index contributed by atoms with van der Waals surface area (Å²) in [5, 5.41) is 2.79. The molecule has 1 saturated carbocycles. The summed E-state index contributed by atoms with van der Waals surface area (Å²) in [7, 11) is -3.19. The number of nitrogens with one attached hydrogen (secondary N) is 2. The second-order valence-electron chi connectivity index (χ2n) is 6.26. The van der Waals surface area contributed by atoms with E-state index in [0.717, 1.165) is 12.8 Å². The molecule has 108 valence electrons. The first-order valence-corrected chi connectivity index (χ1v) is 8.52. The van der Waals surface area contributed by atoms with Gasteiger partial charge >= 0.3 is 0 Å². The lowest BCUT2D eigenvalue weighted by atomic mass is 9.89. The van der Waals surface area contributed by atoms with E-state index in [0.29, 0.717) is 19.1 Å². The molecule has 0 saturated heterocycles. The number of rotatable bonds is 7. The molecule has 0 heterocycles. The maximum absolute atomic E-state index is 12.1. The molecule has 18 heavy (non-hydrogen) atoms. The quantitative estimate of drug-likeness (QED) is 0.746. The van der Waals surface area contributed by atoms with Crippen LogP contribution >= 0.6 is 0 Å². The smallest absolute Gasteiger partial charge is 0.215 e. The molecule has 0 aromatic rings. The van der Waals surface area contributed by atoms with Crippen molar-refractivity contribution in [2.75, 3.05) is 13.1 Å². The van der Waals surface area contributed by atoms with E-state index in [1.165, 1.54) is 12.8 Å². The van der Waals surface area contributed by atoms with Gasteiger partial charge in [-0.3, -0.25) is 0 Å². The third kappa shape index (κ3) is 4.86. The standard InChI is InChI=1S/C13H28N2O2S/c1-11(2)14-9-12(3)18(16,17)15-10-13(4)7-5-6-8-13/h11-12,14-15H,5-10H2,1-4H3. The summed E-state index contributed by atoms with van der Waals surface area (Å²) >= 11 is 0. The average molecular weight is 276 g/mol. The maximum Gasteiger partial charge on any atom is 0.215 e. The third-order valence-corrected chi connectivity index (χ3v) is 5.63. The zero-order chi connectivity index (χ0) is 13.8. The second-order valence-corrected chi connectivity index (χ2v) is 8.44. The van der Waals surface area contributed by atoms with Crippen LogP contribution in [0.1, 0.15) is 53.4 Å². The highest BCUT2D eigenvalue weighted by molar-refractivity contribution is 7.90. The Labute approximate surface area is 112 Å². The second kappa shape index (κ2) is 6.35. The van der Waals surface area contributed by atoms with Crippen LogP contribution in [-0.2, 0) is 10.0 Å². The van der Waals surface area contributed by atoms with Crippen molar-refractivity contribution in [2.45, 2.75) is 64.7 Å². The molecular weight excluding hydrogens is 248 g/mol. The SMILES string of the molecule is CC(C)NCC(C)S(=O)(=O)NCC1(C)CCCC1. The summed E-state index contributed by atoms with van der Waals surface area (Å²) in [4.78, 5) is 0. The van der Waals surface area contributed by atoms with Crippen molar-refractivity contribution in [3.63, 3.8) is 0 Å². The zero-order valence-electron chi connectivity index (χ0n) is 12.1. The first-order valence-electron chi connectivity index (χ1n) is 6.97. The fourth-order valence-electron chi connectivity index (χ4n) is 2.33. The minimum absolute atomic E-state index is 0.165. The predicted molar refractivity (Wildman–Crippen MR) is 76.1 cm³/mol. The summed E-state index contributed by atoms with van der Waals surface area (Å²) in [6.07, 6.45) is 4.72. The van der Waals surface area contributed by atoms with Crippen molar-refractivity contribution in [2.24, 2.45) is 5.41 Å². The van der Waals surface area contributed by atoms with Gasteiger partial charge in [-0.1, -0.05) is 33.6 Å². The monoisotopic (exact) mass is 276 g/mol. The molecule has 1 rings (SSSR count). The van der Waals surface area contributed by atoms with Crippen LogP contribution < -0.4 is 10.0 Å². The van der Waals surface area contributed by atoms with Gasteiger partial charge in [-0.2, -0.15) is 0 Å². The Bertz CT molecular complexity index is 346. The van der Waals surface area contributed by atoms with Gasteiger partial charge in [0.1, 0.15) is 0 Å². The van der Waals surface area contributed by atoms with Crippen LogP contribution in [-0.4, -0.2) is 32.8 Å². The van der Waals surface area contributed by atoms with Gasteiger partial charge in [-0.25, -0.2) is 13.1 Å². The summed E-state index contributed by atoms with van der Waals surface area (Å²) in [6, 6.07) is 0.315. The Morgan fingerprint density at radius 3 is 2.22 bits per heavy atom. The van der Waals surface area contributed by atoms with Crippen molar-refractivity contribution < 1.29 is 8.42 Å². The van der Waals surface area contributed by atoms with E-state index < -0.39 is 10.0 Å². The highest BCUT2D eigenvalue weighted by atomic mass is 32.2. The summed E-state index contributed by atoms with van der Waals surface area (Å²) in [5.41, 5.74) is 0.165. The Morgan fingerprint density at radius 2 is 1.72 bits per heavy atom. The lowest BCUT2D eigenvalue weighted by Gasteiger charge is -2.25. The Morgan fingerprint density at radius 1 is 1.17 bits per heavy atom. The van der Waals surface area contributed by atoms with E-state index >= 15 is 0 Å². The van der Waals surface area contributed by atoms with Gasteiger partial charge < -0.3 is 5.32 Å². The van der Waals surface area contributed by atoms with Gasteiger partial charge in [0.2, 0.25) is 10.0 Å². The van der Waals surface area contributed by atoms with E-state index in [9.17, 15) is 8.42 Å². The van der Waals surface area contributed by atoms with E-state index in [1.54, 1.807) is 6.92 Å². The molecule has 0 aromatic carbocycles. The van der Waals surface area contributed by atoms with Gasteiger partial charge in [-0.05, 0) is 25.2 Å². The van der Waals surface area contributed by atoms with Gasteiger partial charge in [0.05, 0.1) is 5.25 Å². The number of sulfonamides is 1. The third-order valence-electron chi connectivity index (χ3n) is 3.85. The number of hydrogen-bond donors (Lipinski definition) is 2. The fourth-order valence-corrected chi connectivity index (χ4v) is 3.48. The Hall–Kier alpha value is -0.130. The molecule has 0 amide bonds. The first-order chi connectivity index (χ1) is 8.25. The van der Waals surface area contributed by atoms with Gasteiger partial charge in [0.25, 0.3) is 0 Å². The van der Waals surface area contributed by atoms with Crippen molar-refractivity contribution in [3.05, 3.63) is 0 Å². The molecule has 1 aliphatic carbocycles. The van der Waals surface area contributed by atoms with Crippen molar-refractivity contribution in [1.82, 2.24) is 10.0 Å². The molecule has 2 N–H and O–H groups in total. The lowest BCUT2D eigenvalue weighted by molar-refractivity contribution is 0.335. The minimum Gasteiger partial charge on any atom is -0.313 e. The first kappa shape index (κ1) is 15.9. The van der Waals surface area contributed by atoms with E-state index in [2.05, 4.69) is 17.0 Å². The largest absolute Gasteiger partial charge is 0.313 e. The number of hydrogen-bond acceptors (Lipinski definition) is 3. The van der Waals surface area contributed by atoms with E-state index in [4.69, 9.17) is 0 Å². The van der Waals surface area contributed by atoms with Crippen LogP contribution in [0.3, 0.4) is 0 Å². The van der Waals surface area contributed by atoms with Crippen LogP contribution in [0.25, 0.3) is 0 Å². The van der Waals surface area contributed by atoms with Crippen LogP contribution in [0.15, 0.2) is 0 Å². The van der Waals surface area contributed by atoms with Crippen molar-refractivity contribution in [3.8, 4) is 0 Å². The van der Waals surface area contributed by atoms with Gasteiger partial charge in [-0.15, -0.1) is 0 Å². The van der Waals surface area contributed by atoms with Gasteiger partial charge in [0.15, 0.2) is 0 Å². The molecule has 1 fully saturated rings. The molecule has 1 atom stereocenters. The highest BCUT2D eigenvalue weighted by Crippen LogP contribution is 2.36. The van der Waals surface area contributed by atoms with Gasteiger partial charge in [0, 0.05) is 19.1 Å². The van der Waals surface area contributed by atoms with Crippen LogP contribution in [0.4, 0.5) is 0 Å². The maximum atomic E-state index is 12.1. The van der Waals surface area contributed by atoms with Crippen molar-refractivity contribution in [1.29, 1.82) is 0 Å².